The predicted molar refractivity (Wildman–Crippen MR) is 84.2 cm³/mol. The molecule has 0 spiro atoms. The fraction of sp³-hybridized carbons (Fsp3) is 0.562. The van der Waals surface area contributed by atoms with Crippen LogP contribution in [0, 0.1) is 0 Å². The van der Waals surface area contributed by atoms with E-state index in [9.17, 15) is 4.79 Å². The van der Waals surface area contributed by atoms with Crippen LogP contribution in [0.3, 0.4) is 0 Å². The van der Waals surface area contributed by atoms with Crippen LogP contribution in [-0.4, -0.2) is 23.7 Å². The van der Waals surface area contributed by atoms with Gasteiger partial charge in [-0.25, -0.2) is 0 Å². The van der Waals surface area contributed by atoms with E-state index in [-0.39, 0.29) is 11.9 Å². The number of carbonyl (C=O) groups is 1. The van der Waals surface area contributed by atoms with Gasteiger partial charge in [-0.15, -0.1) is 11.8 Å². The predicted octanol–water partition coefficient (Wildman–Crippen LogP) is 3.41. The lowest BCUT2D eigenvalue weighted by Crippen LogP contribution is -2.35. The number of benzene rings is 1. The van der Waals surface area contributed by atoms with Gasteiger partial charge >= 0.3 is 0 Å². The minimum atomic E-state index is -0.0143. The maximum atomic E-state index is 12.2. The lowest BCUT2D eigenvalue weighted by molar-refractivity contribution is -0.117. The first-order chi connectivity index (χ1) is 9.83. The second-order valence-electron chi connectivity index (χ2n) is 5.66. The first kappa shape index (κ1) is 14.0. The van der Waals surface area contributed by atoms with Crippen LogP contribution in [0.15, 0.2) is 29.2 Å². The van der Waals surface area contributed by atoms with E-state index in [4.69, 9.17) is 0 Å². The molecule has 0 bridgehead atoms. The van der Waals surface area contributed by atoms with Crippen LogP contribution < -0.4 is 10.6 Å². The Morgan fingerprint density at radius 3 is 2.70 bits per heavy atom. The molecule has 3 rings (SSSR count). The molecule has 1 aromatic carbocycles. The number of para-hydroxylation sites is 1. The highest BCUT2D eigenvalue weighted by molar-refractivity contribution is 8.00. The van der Waals surface area contributed by atoms with Crippen molar-refractivity contribution in [3.63, 3.8) is 0 Å². The van der Waals surface area contributed by atoms with E-state index in [1.165, 1.54) is 30.6 Å². The summed E-state index contributed by atoms with van der Waals surface area (Å²) in [5.41, 5.74) is 0.975. The largest absolute Gasteiger partial charge is 0.324 e. The van der Waals surface area contributed by atoms with Crippen LogP contribution in [0.5, 0.6) is 0 Å². The lowest BCUT2D eigenvalue weighted by Gasteiger charge is -2.16. The maximum Gasteiger partial charge on any atom is 0.241 e. The topological polar surface area (TPSA) is 41.1 Å². The second kappa shape index (κ2) is 6.64. The third-order valence-electron chi connectivity index (χ3n) is 4.12. The van der Waals surface area contributed by atoms with Gasteiger partial charge in [0, 0.05) is 10.1 Å². The summed E-state index contributed by atoms with van der Waals surface area (Å²) in [5.74, 6) is 0.113. The lowest BCUT2D eigenvalue weighted by atomic mass is 10.2. The molecule has 2 fully saturated rings. The van der Waals surface area contributed by atoms with Gasteiger partial charge < -0.3 is 10.6 Å². The van der Waals surface area contributed by atoms with Gasteiger partial charge in [0.15, 0.2) is 0 Å². The zero-order chi connectivity index (χ0) is 13.8. The molecular formula is C16H22N2OS. The Bertz CT molecular complexity index is 465. The van der Waals surface area contributed by atoms with E-state index < -0.39 is 0 Å². The molecule has 20 heavy (non-hydrogen) atoms. The van der Waals surface area contributed by atoms with E-state index in [1.807, 2.05) is 23.9 Å². The second-order valence-corrected chi connectivity index (χ2v) is 7.00. The maximum absolute atomic E-state index is 12.2. The highest BCUT2D eigenvalue weighted by atomic mass is 32.2. The van der Waals surface area contributed by atoms with Crippen LogP contribution in [0.1, 0.15) is 38.5 Å². The molecule has 1 amide bonds. The van der Waals surface area contributed by atoms with Gasteiger partial charge in [0.25, 0.3) is 0 Å². The van der Waals surface area contributed by atoms with Crippen LogP contribution in [-0.2, 0) is 4.79 Å². The fourth-order valence-corrected chi connectivity index (χ4v) is 4.32. The Morgan fingerprint density at radius 2 is 1.95 bits per heavy atom. The molecule has 0 aromatic heterocycles. The summed E-state index contributed by atoms with van der Waals surface area (Å²) in [4.78, 5) is 13.4. The standard InChI is InChI=1S/C16H22N2OS/c19-16(14-9-5-11-17-14)18-13-8-3-4-10-15(13)20-12-6-1-2-7-12/h3-4,8,10,12,14,17H,1-2,5-7,9,11H2,(H,18,19)/t14-/m1/s1. The van der Waals surface area contributed by atoms with Gasteiger partial charge in [0.1, 0.15) is 0 Å². The summed E-state index contributed by atoms with van der Waals surface area (Å²) < 4.78 is 0. The molecular weight excluding hydrogens is 268 g/mol. The zero-order valence-electron chi connectivity index (χ0n) is 11.7. The molecule has 3 nitrogen and oxygen atoms in total. The molecule has 0 unspecified atom stereocenters. The Kier molecular flexibility index (Phi) is 4.63. The number of hydrogen-bond acceptors (Lipinski definition) is 3. The summed E-state index contributed by atoms with van der Waals surface area (Å²) in [6.07, 6.45) is 7.34. The van der Waals surface area contributed by atoms with Gasteiger partial charge in [-0.3, -0.25) is 4.79 Å². The van der Waals surface area contributed by atoms with Crippen molar-refractivity contribution < 1.29 is 4.79 Å². The van der Waals surface area contributed by atoms with Crippen molar-refractivity contribution in [2.24, 2.45) is 0 Å². The third-order valence-corrected chi connectivity index (χ3v) is 5.53. The minimum absolute atomic E-state index is 0.0143. The van der Waals surface area contributed by atoms with Gasteiger partial charge in [0.2, 0.25) is 5.91 Å². The van der Waals surface area contributed by atoms with Crippen LogP contribution in [0.4, 0.5) is 5.69 Å². The number of nitrogens with one attached hydrogen (secondary N) is 2. The molecule has 2 N–H and O–H groups in total. The summed E-state index contributed by atoms with van der Waals surface area (Å²) in [7, 11) is 0. The molecule has 2 aliphatic rings. The van der Waals surface area contributed by atoms with Gasteiger partial charge in [-0.1, -0.05) is 25.0 Å². The molecule has 1 atom stereocenters. The number of amides is 1. The summed E-state index contributed by atoms with van der Waals surface area (Å²) >= 11 is 1.93. The van der Waals surface area contributed by atoms with Gasteiger partial charge in [0.05, 0.1) is 11.7 Å². The average molecular weight is 290 g/mol. The molecule has 1 aromatic rings. The van der Waals surface area contributed by atoms with Crippen molar-refractivity contribution in [2.45, 2.75) is 54.7 Å². The van der Waals surface area contributed by atoms with Crippen LogP contribution in [0.25, 0.3) is 0 Å². The summed E-state index contributed by atoms with van der Waals surface area (Å²) in [6, 6.07) is 8.18. The zero-order valence-corrected chi connectivity index (χ0v) is 12.5. The molecule has 1 aliphatic carbocycles. The summed E-state index contributed by atoms with van der Waals surface area (Å²) in [6.45, 7) is 0.955. The van der Waals surface area contributed by atoms with Crippen molar-refractivity contribution in [3.05, 3.63) is 24.3 Å². The molecule has 108 valence electrons. The van der Waals surface area contributed by atoms with Crippen molar-refractivity contribution in [2.75, 3.05) is 11.9 Å². The van der Waals surface area contributed by atoms with E-state index in [1.54, 1.807) is 0 Å². The molecule has 1 aliphatic heterocycles. The third kappa shape index (κ3) is 3.36. The monoisotopic (exact) mass is 290 g/mol. The number of anilines is 1. The number of carbonyl (C=O) groups excluding carboxylic acids is 1. The molecule has 1 saturated carbocycles. The van der Waals surface area contributed by atoms with E-state index in [0.29, 0.717) is 0 Å². The van der Waals surface area contributed by atoms with Crippen molar-refractivity contribution >= 4 is 23.4 Å². The quantitative estimate of drug-likeness (QED) is 0.893. The van der Waals surface area contributed by atoms with Crippen molar-refractivity contribution in [1.29, 1.82) is 0 Å². The fourth-order valence-electron chi connectivity index (χ4n) is 2.99. The van der Waals surface area contributed by atoms with E-state index >= 15 is 0 Å². The Hall–Kier alpha value is -1.00. The first-order valence-electron chi connectivity index (χ1n) is 7.63. The summed E-state index contributed by atoms with van der Waals surface area (Å²) in [5, 5.41) is 7.07. The number of rotatable bonds is 4. The number of thioether (sulfide) groups is 1. The van der Waals surface area contributed by atoms with Crippen molar-refractivity contribution in [1.82, 2.24) is 5.32 Å². The minimum Gasteiger partial charge on any atom is -0.324 e. The molecule has 0 radical (unpaired) electrons. The van der Waals surface area contributed by atoms with E-state index in [2.05, 4.69) is 22.8 Å². The molecule has 1 heterocycles. The SMILES string of the molecule is O=C(Nc1ccccc1SC1CCCC1)[C@H]1CCCN1. The van der Waals surface area contributed by atoms with Gasteiger partial charge in [-0.2, -0.15) is 0 Å². The first-order valence-corrected chi connectivity index (χ1v) is 8.51. The van der Waals surface area contributed by atoms with Gasteiger partial charge in [-0.05, 0) is 44.4 Å². The van der Waals surface area contributed by atoms with Crippen LogP contribution in [0.2, 0.25) is 0 Å². The Balaban J connectivity index is 1.66. The molecule has 1 saturated heterocycles. The number of hydrogen-bond donors (Lipinski definition) is 2. The van der Waals surface area contributed by atoms with Crippen molar-refractivity contribution in [3.8, 4) is 0 Å². The van der Waals surface area contributed by atoms with Crippen LogP contribution >= 0.6 is 11.8 Å². The highest BCUT2D eigenvalue weighted by Gasteiger charge is 2.23. The normalized spacial score (nSPS) is 23.1. The Labute approximate surface area is 124 Å². The molecule has 4 heteroatoms. The van der Waals surface area contributed by atoms with E-state index in [0.717, 1.165) is 30.3 Å². The average Bonchev–Trinajstić information content (AvgIpc) is 3.13. The Morgan fingerprint density at radius 1 is 1.15 bits per heavy atom. The smallest absolute Gasteiger partial charge is 0.241 e. The highest BCUT2D eigenvalue weighted by Crippen LogP contribution is 2.38.